The van der Waals surface area contributed by atoms with Crippen LogP contribution in [0.5, 0.6) is 11.8 Å². The fourth-order valence-corrected chi connectivity index (χ4v) is 6.71. The molecule has 0 saturated heterocycles. The van der Waals surface area contributed by atoms with Crippen molar-refractivity contribution in [3.8, 4) is 34.0 Å². The largest absolute Gasteiger partial charge is 0.493 e. The number of esters is 1. The van der Waals surface area contributed by atoms with Gasteiger partial charge < -0.3 is 9.84 Å². The van der Waals surface area contributed by atoms with E-state index in [2.05, 4.69) is 24.3 Å². The first-order valence-corrected chi connectivity index (χ1v) is 17.9. The first-order valence-electron chi connectivity index (χ1n) is 17.5. The van der Waals surface area contributed by atoms with Crippen LogP contribution in [0, 0.1) is 52.4 Å². The van der Waals surface area contributed by atoms with Crippen LogP contribution >= 0.6 is 11.6 Å². The van der Waals surface area contributed by atoms with E-state index in [4.69, 9.17) is 16.3 Å². The number of benzene rings is 2. The number of carbonyl (C=O) groups is 2. The van der Waals surface area contributed by atoms with Gasteiger partial charge in [0.1, 0.15) is 11.1 Å². The molecule has 0 aliphatic carbocycles. The number of halogens is 1. The van der Waals surface area contributed by atoms with E-state index in [1.54, 1.807) is 34.8 Å². The highest BCUT2D eigenvalue weighted by Gasteiger charge is 2.32. The second kappa shape index (κ2) is 14.7. The van der Waals surface area contributed by atoms with Gasteiger partial charge in [0.05, 0.1) is 5.41 Å². The summed E-state index contributed by atoms with van der Waals surface area (Å²) in [7, 11) is 0. The molecule has 51 heavy (non-hydrogen) atoms. The molecule has 0 atom stereocenters. The van der Waals surface area contributed by atoms with Gasteiger partial charge in [-0.05, 0) is 120 Å². The summed E-state index contributed by atoms with van der Waals surface area (Å²) in [5, 5.41) is 10.1. The molecule has 2 aromatic heterocycles. The molecule has 0 amide bonds. The maximum atomic E-state index is 13.1. The molecule has 2 aromatic carbocycles. The van der Waals surface area contributed by atoms with Crippen molar-refractivity contribution in [2.24, 2.45) is 10.8 Å². The molecule has 0 unspecified atom stereocenters. The normalized spacial score (nSPS) is 13.5. The van der Waals surface area contributed by atoms with E-state index in [0.29, 0.717) is 43.2 Å². The fourth-order valence-electron chi connectivity index (χ4n) is 6.71. The van der Waals surface area contributed by atoms with Gasteiger partial charge in [-0.15, -0.1) is 0 Å². The van der Waals surface area contributed by atoms with Crippen molar-refractivity contribution < 1.29 is 19.4 Å². The average Bonchev–Trinajstić information content (AvgIpc) is 3.76. The van der Waals surface area contributed by atoms with Gasteiger partial charge in [-0.25, -0.2) is 9.36 Å². The second-order valence-electron chi connectivity index (χ2n) is 15.9. The molecule has 11 heteroatoms. The number of hydrogen-bond donors (Lipinski definition) is 1. The van der Waals surface area contributed by atoms with Crippen LogP contribution in [0.15, 0.2) is 33.9 Å². The van der Waals surface area contributed by atoms with Gasteiger partial charge in [-0.3, -0.25) is 28.5 Å². The van der Waals surface area contributed by atoms with Crippen molar-refractivity contribution in [3.05, 3.63) is 78.4 Å². The zero-order chi connectivity index (χ0) is 38.3. The van der Waals surface area contributed by atoms with E-state index >= 15 is 0 Å². The molecule has 2 aliphatic heterocycles. The lowest BCUT2D eigenvalue weighted by molar-refractivity contribution is -0.143. The van der Waals surface area contributed by atoms with Gasteiger partial charge in [0.15, 0.2) is 0 Å². The first-order chi connectivity index (χ1) is 23.6. The van der Waals surface area contributed by atoms with Gasteiger partial charge in [0.25, 0.3) is 11.1 Å². The second-order valence-corrected chi connectivity index (χ2v) is 16.2. The molecule has 4 aromatic rings. The molecular weight excluding hydrogens is 668 g/mol. The summed E-state index contributed by atoms with van der Waals surface area (Å²) in [5.74, 6) is 0.166. The van der Waals surface area contributed by atoms with Crippen molar-refractivity contribution in [2.75, 3.05) is 0 Å². The molecule has 0 bridgehead atoms. The lowest BCUT2D eigenvalue weighted by Crippen LogP contribution is -2.27. The van der Waals surface area contributed by atoms with Gasteiger partial charge in [0.2, 0.25) is 17.0 Å². The van der Waals surface area contributed by atoms with E-state index in [-0.39, 0.29) is 33.6 Å². The van der Waals surface area contributed by atoms with Crippen LogP contribution < -0.4 is 15.9 Å². The van der Waals surface area contributed by atoms with E-state index in [1.165, 1.54) is 5.56 Å². The Morgan fingerprint density at radius 1 is 0.608 bits per heavy atom. The summed E-state index contributed by atoms with van der Waals surface area (Å²) in [6.07, 6.45) is 1.79. The lowest BCUT2D eigenvalue weighted by atomic mass is 9.95. The van der Waals surface area contributed by atoms with Crippen LogP contribution in [0.1, 0.15) is 87.8 Å². The lowest BCUT2D eigenvalue weighted by Gasteiger charge is -2.18. The van der Waals surface area contributed by atoms with E-state index in [0.717, 1.165) is 51.8 Å². The number of hydrogen-bond acceptors (Lipinski definition) is 6. The molecule has 2 aliphatic rings. The topological polar surface area (TPSA) is 117 Å². The molecule has 276 valence electrons. The van der Waals surface area contributed by atoms with Crippen LogP contribution in [0.4, 0.5) is 0 Å². The molecule has 0 fully saturated rings. The maximum absolute atomic E-state index is 13.1. The van der Waals surface area contributed by atoms with Crippen molar-refractivity contribution in [1.82, 2.24) is 18.7 Å². The Bertz CT molecular complexity index is 2070. The van der Waals surface area contributed by atoms with Crippen LogP contribution in [0.3, 0.4) is 0 Å². The Morgan fingerprint density at radius 2 is 0.961 bits per heavy atom. The molecule has 0 saturated carbocycles. The van der Waals surface area contributed by atoms with Crippen molar-refractivity contribution >= 4 is 22.8 Å². The highest BCUT2D eigenvalue weighted by atomic mass is 35.5. The Morgan fingerprint density at radius 3 is 1.35 bits per heavy atom. The minimum atomic E-state index is -0.633. The Hall–Kier alpha value is -4.31. The van der Waals surface area contributed by atoms with Gasteiger partial charge in [0, 0.05) is 31.6 Å². The summed E-state index contributed by atoms with van der Waals surface area (Å²) < 4.78 is 12.6. The van der Waals surface area contributed by atoms with Crippen LogP contribution in [0.2, 0.25) is 0 Å². The Balaban J connectivity index is 0.000000198. The number of ether oxygens (including phenoxy) is 1. The SMILES string of the molecule is CC(C)(C)C(=O)Cl.Cc1cc(C)c(-c2c(O)n3n(c2=O)CCC3)c(C)c1.Cc1cc(C)c(-c2c(OC(=O)C(C)(C)C)n3n(c2=O)CCC3)c(C)c1. The zero-order valence-corrected chi connectivity index (χ0v) is 33.0. The average molecular weight is 721 g/mol. The number of aromatic hydroxyl groups is 1. The van der Waals surface area contributed by atoms with Crippen molar-refractivity contribution in [2.45, 2.75) is 122 Å². The van der Waals surface area contributed by atoms with E-state index in [9.17, 15) is 24.3 Å². The number of fused-ring (bicyclic) bond motifs is 2. The van der Waals surface area contributed by atoms with Gasteiger partial charge in [-0.1, -0.05) is 56.2 Å². The minimum absolute atomic E-state index is 0.0787. The first kappa shape index (κ1) is 39.5. The summed E-state index contributed by atoms with van der Waals surface area (Å²) in [5.41, 5.74) is 7.99. The number of aromatic nitrogens is 4. The molecule has 6 rings (SSSR count). The highest BCUT2D eigenvalue weighted by molar-refractivity contribution is 6.64. The highest BCUT2D eigenvalue weighted by Crippen LogP contribution is 2.37. The molecule has 1 N–H and O–H groups in total. The number of carbonyl (C=O) groups excluding carboxylic acids is 2. The van der Waals surface area contributed by atoms with E-state index < -0.39 is 5.41 Å². The molecule has 0 spiro atoms. The maximum Gasteiger partial charge on any atom is 0.317 e. The summed E-state index contributed by atoms with van der Waals surface area (Å²) in [6.45, 7) is 25.6. The third-order valence-electron chi connectivity index (χ3n) is 9.12. The van der Waals surface area contributed by atoms with Crippen molar-refractivity contribution in [1.29, 1.82) is 0 Å². The fraction of sp³-hybridized carbons (Fsp3) is 0.500. The number of aryl methyl sites for hydroxylation is 6. The number of rotatable bonds is 3. The standard InChI is InChI=1S/C20H26N2O3.C15H18N2O2.C5H9ClO/c1-12-10-13(2)15(14(3)11-12)16-17(23)21-8-7-9-22(21)18(16)25-19(24)20(4,5)6;1-9-7-10(2)12(11(3)8-9)13-14(18)16-5-4-6-17(16)15(13)19;1-5(2,3)4(6)7/h10-11H,7-9H2,1-6H3;7-8,18H,4-6H2,1-3H3;1-3H3. The van der Waals surface area contributed by atoms with E-state index in [1.807, 2.05) is 67.0 Å². The molecule has 0 radical (unpaired) electrons. The zero-order valence-electron chi connectivity index (χ0n) is 32.2. The predicted octanol–water partition coefficient (Wildman–Crippen LogP) is 7.75. The monoisotopic (exact) mass is 720 g/mol. The molecule has 10 nitrogen and oxygen atoms in total. The predicted molar refractivity (Wildman–Crippen MR) is 203 cm³/mol. The Kier molecular flexibility index (Phi) is 11.4. The third-order valence-corrected chi connectivity index (χ3v) is 9.69. The quantitative estimate of drug-likeness (QED) is 0.171. The molecule has 4 heterocycles. The van der Waals surface area contributed by atoms with Gasteiger partial charge in [-0.2, -0.15) is 0 Å². The summed E-state index contributed by atoms with van der Waals surface area (Å²) in [6, 6.07) is 8.22. The van der Waals surface area contributed by atoms with Crippen LogP contribution in [-0.2, 0) is 35.8 Å². The van der Waals surface area contributed by atoms with Crippen molar-refractivity contribution in [3.63, 3.8) is 0 Å². The van der Waals surface area contributed by atoms with Gasteiger partial charge >= 0.3 is 5.97 Å². The smallest absolute Gasteiger partial charge is 0.317 e. The summed E-state index contributed by atoms with van der Waals surface area (Å²) in [4.78, 5) is 48.2. The Labute approximate surface area is 305 Å². The summed E-state index contributed by atoms with van der Waals surface area (Å²) >= 11 is 5.11. The van der Waals surface area contributed by atoms with Crippen LogP contribution in [-0.4, -0.2) is 35.0 Å². The minimum Gasteiger partial charge on any atom is -0.493 e. The van der Waals surface area contributed by atoms with Crippen LogP contribution in [0.25, 0.3) is 22.3 Å². The third kappa shape index (κ3) is 8.11. The number of nitrogens with zero attached hydrogens (tertiary/aromatic N) is 4. The molecular formula is C40H53ClN4O6.